The number of amides is 3. The Hall–Kier alpha value is -2.70. The Morgan fingerprint density at radius 2 is 2.00 bits per heavy atom. The van der Waals surface area contributed by atoms with E-state index in [1.54, 1.807) is 7.05 Å². The van der Waals surface area contributed by atoms with Crippen LogP contribution >= 0.6 is 0 Å². The quantitative estimate of drug-likeness (QED) is 0.835. The number of imide groups is 1. The van der Waals surface area contributed by atoms with Crippen LogP contribution in [0.1, 0.15) is 24.5 Å². The Bertz CT molecular complexity index is 783. The summed E-state index contributed by atoms with van der Waals surface area (Å²) in [5.74, 6) is 0.883. The summed E-state index contributed by atoms with van der Waals surface area (Å²) in [7, 11) is 3.17. The van der Waals surface area contributed by atoms with Crippen LogP contribution in [-0.2, 0) is 11.3 Å². The Labute approximate surface area is 147 Å². The lowest BCUT2D eigenvalue weighted by atomic mass is 10.1. The van der Waals surface area contributed by atoms with E-state index in [4.69, 9.17) is 0 Å². The van der Waals surface area contributed by atoms with Crippen molar-refractivity contribution in [3.8, 4) is 0 Å². The van der Waals surface area contributed by atoms with Crippen molar-refractivity contribution < 1.29 is 14.2 Å². The van der Waals surface area contributed by atoms with Crippen LogP contribution in [0.25, 0.3) is 0 Å². The molecule has 2 aliphatic heterocycles. The molecule has 7 nitrogen and oxygen atoms in total. The molecule has 0 aromatic heterocycles. The maximum Gasteiger partial charge on any atom is 0.390 e. The second-order valence-corrected chi connectivity index (χ2v) is 6.48. The monoisotopic (exact) mass is 342 g/mol. The first-order chi connectivity index (χ1) is 11.9. The number of benzene rings is 1. The van der Waals surface area contributed by atoms with E-state index in [1.165, 1.54) is 17.5 Å². The van der Waals surface area contributed by atoms with Gasteiger partial charge in [-0.3, -0.25) is 19.9 Å². The van der Waals surface area contributed by atoms with Crippen molar-refractivity contribution in [2.45, 2.75) is 32.9 Å². The van der Waals surface area contributed by atoms with E-state index in [-0.39, 0.29) is 11.9 Å². The van der Waals surface area contributed by atoms with Crippen LogP contribution in [0, 0.1) is 6.92 Å². The number of rotatable bonds is 4. The summed E-state index contributed by atoms with van der Waals surface area (Å²) in [5.41, 5.74) is 2.27. The SMILES string of the molecule is CCCNC1=[N+](Cc2cccc(C)c2)C2C(=O)N(C)C(=O)N(C)C2=N1. The van der Waals surface area contributed by atoms with Crippen molar-refractivity contribution in [3.63, 3.8) is 0 Å². The van der Waals surface area contributed by atoms with Gasteiger partial charge >= 0.3 is 12.0 Å². The fraction of sp³-hybridized carbons (Fsp3) is 0.444. The van der Waals surface area contributed by atoms with Crippen molar-refractivity contribution in [2.75, 3.05) is 20.6 Å². The molecular weight excluding hydrogens is 318 g/mol. The second kappa shape index (κ2) is 6.66. The Morgan fingerprint density at radius 1 is 1.24 bits per heavy atom. The highest BCUT2D eigenvalue weighted by Crippen LogP contribution is 2.20. The van der Waals surface area contributed by atoms with Crippen LogP contribution in [0.3, 0.4) is 0 Å². The zero-order valence-electron chi connectivity index (χ0n) is 15.1. The largest absolute Gasteiger partial charge is 0.390 e. The third-order valence-electron chi connectivity index (χ3n) is 4.50. The molecule has 132 valence electrons. The van der Waals surface area contributed by atoms with Crippen LogP contribution in [-0.4, -0.2) is 64.8 Å². The molecule has 25 heavy (non-hydrogen) atoms. The number of hydrogen-bond donors (Lipinski definition) is 1. The molecule has 3 rings (SSSR count). The van der Waals surface area contributed by atoms with Gasteiger partial charge in [0.2, 0.25) is 11.9 Å². The summed E-state index contributed by atoms with van der Waals surface area (Å²) in [6.07, 6.45) is 0.944. The zero-order valence-corrected chi connectivity index (χ0v) is 15.1. The van der Waals surface area contributed by atoms with Gasteiger partial charge in [0.15, 0.2) is 0 Å². The molecule has 1 N–H and O–H groups in total. The summed E-state index contributed by atoms with van der Waals surface area (Å²) < 4.78 is 1.95. The lowest BCUT2D eigenvalue weighted by Gasteiger charge is -2.31. The molecule has 1 atom stereocenters. The highest BCUT2D eigenvalue weighted by Gasteiger charge is 2.51. The number of carbonyl (C=O) groups is 2. The maximum atomic E-state index is 12.8. The van der Waals surface area contributed by atoms with Crippen molar-refractivity contribution in [2.24, 2.45) is 4.99 Å². The van der Waals surface area contributed by atoms with Gasteiger partial charge in [-0.25, -0.2) is 9.37 Å². The number of fused-ring (bicyclic) bond motifs is 1. The van der Waals surface area contributed by atoms with Crippen LogP contribution in [0.2, 0.25) is 0 Å². The first kappa shape index (κ1) is 17.1. The van der Waals surface area contributed by atoms with Crippen LogP contribution < -0.4 is 5.32 Å². The third kappa shape index (κ3) is 3.01. The minimum Gasteiger partial charge on any atom is -0.275 e. The summed E-state index contributed by atoms with van der Waals surface area (Å²) in [6.45, 7) is 5.42. The van der Waals surface area contributed by atoms with Gasteiger partial charge in [0.05, 0.1) is 13.1 Å². The molecule has 2 aliphatic rings. The summed E-state index contributed by atoms with van der Waals surface area (Å²) in [4.78, 5) is 32.2. The standard InChI is InChI=1S/C18H23N5O2/c1-5-9-19-17-20-15-14(16(24)22(4)18(25)21(15)3)23(17)11-13-8-6-7-12(2)10-13/h6-8,10,14H,5,9,11H2,1-4H3/p+1. The van der Waals surface area contributed by atoms with E-state index >= 15 is 0 Å². The van der Waals surface area contributed by atoms with Gasteiger partial charge in [-0.15, -0.1) is 0 Å². The number of urea groups is 1. The first-order valence-corrected chi connectivity index (χ1v) is 8.51. The van der Waals surface area contributed by atoms with E-state index in [9.17, 15) is 9.59 Å². The van der Waals surface area contributed by atoms with Crippen molar-refractivity contribution in [1.29, 1.82) is 0 Å². The molecule has 0 aliphatic carbocycles. The van der Waals surface area contributed by atoms with E-state index in [1.807, 2.05) is 29.7 Å². The lowest BCUT2D eigenvalue weighted by Crippen LogP contribution is -2.61. The molecule has 0 bridgehead atoms. The molecule has 1 fully saturated rings. The predicted molar refractivity (Wildman–Crippen MR) is 95.6 cm³/mol. The minimum atomic E-state index is -0.576. The van der Waals surface area contributed by atoms with E-state index < -0.39 is 6.04 Å². The number of hydrogen-bond acceptors (Lipinski definition) is 4. The van der Waals surface area contributed by atoms with Crippen molar-refractivity contribution in [3.05, 3.63) is 35.4 Å². The number of amidine groups is 1. The van der Waals surface area contributed by atoms with E-state index in [0.29, 0.717) is 18.3 Å². The molecule has 1 aromatic carbocycles. The van der Waals surface area contributed by atoms with Crippen LogP contribution in [0.5, 0.6) is 0 Å². The van der Waals surface area contributed by atoms with E-state index in [0.717, 1.165) is 23.4 Å². The fourth-order valence-electron chi connectivity index (χ4n) is 3.15. The number of nitrogens with zero attached hydrogens (tertiary/aromatic N) is 4. The molecule has 0 spiro atoms. The number of likely N-dealkylation sites (N-methyl/N-ethyl adjacent to an activating group) is 2. The summed E-state index contributed by atoms with van der Waals surface area (Å²) >= 11 is 0. The van der Waals surface area contributed by atoms with Crippen LogP contribution in [0.4, 0.5) is 4.79 Å². The number of carbonyl (C=O) groups excluding carboxylic acids is 2. The molecule has 3 amide bonds. The highest BCUT2D eigenvalue weighted by atomic mass is 16.2. The Morgan fingerprint density at radius 3 is 2.68 bits per heavy atom. The molecule has 1 aromatic rings. The number of guanidine groups is 1. The Balaban J connectivity index is 1.99. The van der Waals surface area contributed by atoms with Crippen molar-refractivity contribution in [1.82, 2.24) is 15.1 Å². The van der Waals surface area contributed by atoms with Gasteiger partial charge < -0.3 is 0 Å². The van der Waals surface area contributed by atoms with Gasteiger partial charge in [-0.1, -0.05) is 41.7 Å². The number of aliphatic imine (C=N–C) groups is 1. The normalized spacial score (nSPS) is 20.2. The third-order valence-corrected chi connectivity index (χ3v) is 4.50. The second-order valence-electron chi connectivity index (χ2n) is 6.48. The molecule has 1 unspecified atom stereocenters. The molecular formula is C18H24N5O2+. The van der Waals surface area contributed by atoms with Gasteiger partial charge in [0.1, 0.15) is 0 Å². The maximum absolute atomic E-state index is 12.8. The predicted octanol–water partition coefficient (Wildman–Crippen LogP) is 1.17. The molecule has 1 saturated heterocycles. The average molecular weight is 342 g/mol. The zero-order chi connectivity index (χ0) is 18.1. The van der Waals surface area contributed by atoms with E-state index in [2.05, 4.69) is 23.3 Å². The average Bonchev–Trinajstić information content (AvgIpc) is 2.95. The molecule has 2 heterocycles. The first-order valence-electron chi connectivity index (χ1n) is 8.51. The molecule has 0 saturated carbocycles. The minimum absolute atomic E-state index is 0.247. The van der Waals surface area contributed by atoms with Gasteiger partial charge in [-0.05, 0) is 18.9 Å². The summed E-state index contributed by atoms with van der Waals surface area (Å²) in [6, 6.07) is 7.25. The van der Waals surface area contributed by atoms with Gasteiger partial charge in [0, 0.05) is 14.1 Å². The molecule has 7 heteroatoms. The number of nitrogens with one attached hydrogen (secondary N) is 1. The smallest absolute Gasteiger partial charge is 0.275 e. The van der Waals surface area contributed by atoms with Gasteiger partial charge in [0.25, 0.3) is 5.91 Å². The Kier molecular flexibility index (Phi) is 4.57. The molecule has 0 radical (unpaired) electrons. The van der Waals surface area contributed by atoms with Crippen molar-refractivity contribution >= 4 is 23.7 Å². The van der Waals surface area contributed by atoms with Gasteiger partial charge in [-0.2, -0.15) is 0 Å². The fourth-order valence-corrected chi connectivity index (χ4v) is 3.15. The lowest BCUT2D eigenvalue weighted by molar-refractivity contribution is -0.553. The summed E-state index contributed by atoms with van der Waals surface area (Å²) in [5, 5.41) is 3.29. The number of aryl methyl sites for hydroxylation is 1. The topological polar surface area (TPSA) is 68.0 Å². The highest BCUT2D eigenvalue weighted by molar-refractivity contribution is 6.22. The van der Waals surface area contributed by atoms with Crippen LogP contribution in [0.15, 0.2) is 29.3 Å².